The van der Waals surface area contributed by atoms with Crippen LogP contribution in [0.1, 0.15) is 18.9 Å². The molecule has 0 spiro atoms. The van der Waals surface area contributed by atoms with Gasteiger partial charge in [0.05, 0.1) is 41.2 Å². The molecule has 1 aromatic heterocycles. The summed E-state index contributed by atoms with van der Waals surface area (Å²) in [6.45, 7) is 0.0787. The van der Waals surface area contributed by atoms with E-state index in [1.54, 1.807) is 23.1 Å². The van der Waals surface area contributed by atoms with Crippen molar-refractivity contribution < 1.29 is 38.0 Å². The van der Waals surface area contributed by atoms with Crippen LogP contribution in [0.2, 0.25) is 10.0 Å². The van der Waals surface area contributed by atoms with Crippen LogP contribution in [-0.4, -0.2) is 96.7 Å². The van der Waals surface area contributed by atoms with Crippen molar-refractivity contribution in [2.24, 2.45) is 0 Å². The van der Waals surface area contributed by atoms with Gasteiger partial charge in [-0.25, -0.2) is 28.7 Å². The number of thiol groups is 1. The van der Waals surface area contributed by atoms with Crippen LogP contribution in [0.15, 0.2) is 41.4 Å². The standard InChI is InChI=1S/C27H29Cl2F3N4O5S/c28-17-2-1-16(9-18(17)29)42-13-22(41-12-24(39)35-5-3-15(38)4-6-35)26(27(40)23(42)11-37)36-10-21(33-34-36)14-7-19(30)25(32)20(31)8-14/h1-2,7-10,15,22-23,26-27,37-38,40,42H,3-6,11-13H2/t22-,23+,26+,27-/m0/s1. The van der Waals surface area contributed by atoms with E-state index >= 15 is 0 Å². The Morgan fingerprint density at radius 1 is 1.07 bits per heavy atom. The molecule has 1 unspecified atom stereocenters. The summed E-state index contributed by atoms with van der Waals surface area (Å²) in [5, 5.41) is 39.8. The molecule has 42 heavy (non-hydrogen) atoms. The summed E-state index contributed by atoms with van der Waals surface area (Å²) in [7, 11) is -1.28. The van der Waals surface area contributed by atoms with E-state index in [4.69, 9.17) is 27.9 Å². The van der Waals surface area contributed by atoms with Gasteiger partial charge in [-0.1, -0.05) is 28.4 Å². The van der Waals surface area contributed by atoms with Crippen LogP contribution in [0.5, 0.6) is 0 Å². The zero-order chi connectivity index (χ0) is 30.1. The van der Waals surface area contributed by atoms with Gasteiger partial charge < -0.3 is 25.0 Å². The molecular weight excluding hydrogens is 620 g/mol. The summed E-state index contributed by atoms with van der Waals surface area (Å²) in [6, 6.07) is 5.69. The van der Waals surface area contributed by atoms with Crippen LogP contribution < -0.4 is 0 Å². The second kappa shape index (κ2) is 13.1. The zero-order valence-corrected chi connectivity index (χ0v) is 24.5. The van der Waals surface area contributed by atoms with Crippen LogP contribution in [0, 0.1) is 17.5 Å². The van der Waals surface area contributed by atoms with E-state index in [1.807, 2.05) is 0 Å². The number of aliphatic hydroxyl groups is 3. The molecule has 228 valence electrons. The molecule has 2 aliphatic rings. The Balaban J connectivity index is 1.45. The second-order valence-corrected chi connectivity index (χ2v) is 13.6. The number of hydrogen-bond donors (Lipinski definition) is 4. The van der Waals surface area contributed by atoms with Gasteiger partial charge in [0.15, 0.2) is 17.5 Å². The molecule has 2 aliphatic heterocycles. The van der Waals surface area contributed by atoms with Gasteiger partial charge in [0.25, 0.3) is 0 Å². The maximum atomic E-state index is 13.9. The summed E-state index contributed by atoms with van der Waals surface area (Å²) >= 11 is 12.4. The summed E-state index contributed by atoms with van der Waals surface area (Å²) in [6.07, 6.45) is -0.245. The number of benzene rings is 2. The largest absolute Gasteiger partial charge is 0.395 e. The van der Waals surface area contributed by atoms with Crippen LogP contribution in [0.4, 0.5) is 13.2 Å². The quantitative estimate of drug-likeness (QED) is 0.229. The first-order chi connectivity index (χ1) is 20.1. The second-order valence-electron chi connectivity index (χ2n) is 10.3. The highest BCUT2D eigenvalue weighted by atomic mass is 35.5. The molecule has 3 aromatic rings. The minimum absolute atomic E-state index is 0.0135. The average molecular weight is 650 g/mol. The molecule has 3 heterocycles. The van der Waals surface area contributed by atoms with Crippen molar-refractivity contribution in [3.05, 3.63) is 64.0 Å². The number of likely N-dealkylation sites (tertiary alicyclic amines) is 1. The maximum absolute atomic E-state index is 13.9. The van der Waals surface area contributed by atoms with E-state index in [2.05, 4.69) is 10.3 Å². The van der Waals surface area contributed by atoms with Gasteiger partial charge in [0, 0.05) is 29.7 Å². The topological polar surface area (TPSA) is 121 Å². The Kier molecular flexibility index (Phi) is 9.67. The van der Waals surface area contributed by atoms with Gasteiger partial charge >= 0.3 is 0 Å². The van der Waals surface area contributed by atoms with E-state index in [0.717, 1.165) is 17.0 Å². The lowest BCUT2D eigenvalue weighted by Crippen LogP contribution is -2.51. The molecule has 3 N–H and O–H groups in total. The Labute approximate surface area is 252 Å². The van der Waals surface area contributed by atoms with E-state index in [1.165, 1.54) is 10.9 Å². The third-order valence-electron chi connectivity index (χ3n) is 7.66. The Morgan fingerprint density at radius 2 is 1.76 bits per heavy atom. The molecule has 1 amide bonds. The first kappa shape index (κ1) is 31.0. The zero-order valence-electron chi connectivity index (χ0n) is 22.1. The van der Waals surface area contributed by atoms with Crippen molar-refractivity contribution in [2.45, 2.75) is 47.3 Å². The predicted octanol–water partition coefficient (Wildman–Crippen LogP) is 3.37. The molecular formula is C27H29Cl2F3N4O5S. The monoisotopic (exact) mass is 648 g/mol. The molecule has 2 aromatic carbocycles. The third kappa shape index (κ3) is 6.42. The number of piperidine rings is 1. The molecule has 0 bridgehead atoms. The lowest BCUT2D eigenvalue weighted by molar-refractivity contribution is -0.142. The number of rotatable bonds is 7. The highest BCUT2D eigenvalue weighted by molar-refractivity contribution is 8.17. The van der Waals surface area contributed by atoms with Gasteiger partial charge in [-0.15, -0.1) is 5.10 Å². The Bertz CT molecular complexity index is 1420. The van der Waals surface area contributed by atoms with Crippen LogP contribution in [-0.2, 0) is 9.53 Å². The number of carbonyl (C=O) groups is 1. The molecule has 0 aliphatic carbocycles. The summed E-state index contributed by atoms with van der Waals surface area (Å²) in [5.74, 6) is -4.39. The summed E-state index contributed by atoms with van der Waals surface area (Å²) < 4.78 is 48.7. The van der Waals surface area contributed by atoms with Crippen molar-refractivity contribution >= 4 is 40.0 Å². The molecule has 2 fully saturated rings. The summed E-state index contributed by atoms with van der Waals surface area (Å²) in [4.78, 5) is 15.3. The van der Waals surface area contributed by atoms with Crippen LogP contribution in [0.25, 0.3) is 11.3 Å². The number of carbonyl (C=O) groups excluding carboxylic acids is 1. The van der Waals surface area contributed by atoms with E-state index in [-0.39, 0.29) is 30.4 Å². The lowest BCUT2D eigenvalue weighted by atomic mass is 10.0. The Morgan fingerprint density at radius 3 is 2.40 bits per heavy atom. The first-order valence-corrected chi connectivity index (χ1v) is 15.6. The number of hydrogen-bond acceptors (Lipinski definition) is 7. The van der Waals surface area contributed by atoms with Crippen LogP contribution >= 0.6 is 34.1 Å². The fourth-order valence-electron chi connectivity index (χ4n) is 5.36. The molecule has 9 nitrogen and oxygen atoms in total. The smallest absolute Gasteiger partial charge is 0.248 e. The third-order valence-corrected chi connectivity index (χ3v) is 11.4. The van der Waals surface area contributed by atoms with Gasteiger partial charge in [-0.3, -0.25) is 4.79 Å². The van der Waals surface area contributed by atoms with Gasteiger partial charge in [-0.2, -0.15) is 0 Å². The molecule has 5 atom stereocenters. The van der Waals surface area contributed by atoms with E-state index in [9.17, 15) is 33.3 Å². The van der Waals surface area contributed by atoms with E-state index in [0.29, 0.717) is 41.7 Å². The highest BCUT2D eigenvalue weighted by Gasteiger charge is 2.45. The highest BCUT2D eigenvalue weighted by Crippen LogP contribution is 2.51. The molecule has 15 heteroatoms. The van der Waals surface area contributed by atoms with Crippen molar-refractivity contribution in [2.75, 3.05) is 32.1 Å². The van der Waals surface area contributed by atoms with Crippen molar-refractivity contribution in [3.63, 3.8) is 0 Å². The van der Waals surface area contributed by atoms with Crippen LogP contribution in [0.3, 0.4) is 0 Å². The summed E-state index contributed by atoms with van der Waals surface area (Å²) in [5.41, 5.74) is -0.0563. The normalized spacial score (nSPS) is 26.0. The van der Waals surface area contributed by atoms with Crippen molar-refractivity contribution in [1.29, 1.82) is 0 Å². The van der Waals surface area contributed by atoms with Crippen molar-refractivity contribution in [1.82, 2.24) is 19.9 Å². The fraction of sp³-hybridized carbons (Fsp3) is 0.444. The van der Waals surface area contributed by atoms with E-state index < -0.39 is 58.0 Å². The molecule has 0 saturated carbocycles. The number of amides is 1. The lowest BCUT2D eigenvalue weighted by Gasteiger charge is -2.46. The number of aliphatic hydroxyl groups excluding tert-OH is 3. The number of ether oxygens (including phenoxy) is 1. The number of halogens is 5. The average Bonchev–Trinajstić information content (AvgIpc) is 3.45. The fourth-order valence-corrected chi connectivity index (χ4v) is 8.61. The predicted molar refractivity (Wildman–Crippen MR) is 151 cm³/mol. The first-order valence-electron chi connectivity index (χ1n) is 13.2. The molecule has 0 radical (unpaired) electrons. The molecule has 2 saturated heterocycles. The van der Waals surface area contributed by atoms with Gasteiger partial charge in [0.2, 0.25) is 5.91 Å². The number of aromatic nitrogens is 3. The minimum atomic E-state index is -1.61. The Hall–Kier alpha value is -2.39. The van der Waals surface area contributed by atoms with Crippen molar-refractivity contribution in [3.8, 4) is 11.3 Å². The SMILES string of the molecule is O=C(CO[C@H]1C[SH](c2ccc(Cl)c(Cl)c2)[C@H](CO)[C@H](O)[C@@H]1n1cc(-c2cc(F)c(F)c(F)c2)nn1)N1CCC(O)CC1. The van der Waals surface area contributed by atoms with Gasteiger partial charge in [0.1, 0.15) is 18.3 Å². The minimum Gasteiger partial charge on any atom is -0.395 e. The van der Waals surface area contributed by atoms with Gasteiger partial charge in [-0.05, 0) is 48.1 Å². The number of nitrogens with zero attached hydrogens (tertiary/aromatic N) is 4. The maximum Gasteiger partial charge on any atom is 0.248 e. The molecule has 5 rings (SSSR count).